The predicted molar refractivity (Wildman–Crippen MR) is 153 cm³/mol. The van der Waals surface area contributed by atoms with Gasteiger partial charge in [-0.05, 0) is 19.1 Å². The normalized spacial score (nSPS) is 19.9. The first-order valence-electron chi connectivity index (χ1n) is 13.5. The molecular formula is C28H35F2N9O2. The van der Waals surface area contributed by atoms with Gasteiger partial charge in [0.05, 0.1) is 18.0 Å². The molecule has 13 heteroatoms. The molecule has 3 N–H and O–H groups in total. The SMILES string of the molecule is Cc1c(C=CCN2CCN(c3cc(F)cc(F)c3)CC2)cnn1-c1cc(N2CC(O)CC2C(=O)N(C)C)nc(N)n1. The summed E-state index contributed by atoms with van der Waals surface area (Å²) < 4.78 is 28.9. The Kier molecular flexibility index (Phi) is 8.18. The molecule has 5 rings (SSSR count). The molecule has 41 heavy (non-hydrogen) atoms. The lowest BCUT2D eigenvalue weighted by atomic mass is 10.2. The number of aromatic nitrogens is 4. The lowest BCUT2D eigenvalue weighted by Gasteiger charge is -2.35. The van der Waals surface area contributed by atoms with E-state index in [0.29, 0.717) is 36.8 Å². The van der Waals surface area contributed by atoms with E-state index in [1.54, 1.807) is 35.9 Å². The van der Waals surface area contributed by atoms with Crippen LogP contribution in [0.15, 0.2) is 36.5 Å². The van der Waals surface area contributed by atoms with Crippen LogP contribution in [0.25, 0.3) is 11.9 Å². The highest BCUT2D eigenvalue weighted by atomic mass is 19.1. The highest BCUT2D eigenvalue weighted by Gasteiger charge is 2.38. The van der Waals surface area contributed by atoms with Crippen LogP contribution < -0.4 is 15.5 Å². The molecule has 0 radical (unpaired) electrons. The number of nitrogens with two attached hydrogens (primary N) is 1. The van der Waals surface area contributed by atoms with E-state index in [1.165, 1.54) is 17.0 Å². The molecule has 4 heterocycles. The number of likely N-dealkylation sites (N-methyl/N-ethyl adjacent to an activating group) is 1. The standard InChI is InChI=1S/C28H35F2N9O2/c1-18-19(5-4-6-36-7-9-37(10-8-36)22-12-20(29)11-21(30)13-22)16-32-39(18)26-15-25(33-28(31)34-26)38-17-23(40)14-24(38)27(41)35(2)3/h4-5,11-13,15-16,23-24,40H,6-10,14,17H2,1-3H3,(H2,31,33,34). The Bertz CT molecular complexity index is 1420. The van der Waals surface area contributed by atoms with Gasteiger partial charge in [0.15, 0.2) is 5.82 Å². The lowest BCUT2D eigenvalue weighted by molar-refractivity contribution is -0.130. The fourth-order valence-corrected chi connectivity index (χ4v) is 5.35. The van der Waals surface area contributed by atoms with Crippen LogP contribution in [0.2, 0.25) is 0 Å². The number of nitrogens with zero attached hydrogens (tertiary/aromatic N) is 8. The van der Waals surface area contributed by atoms with E-state index in [2.05, 4.69) is 26.0 Å². The van der Waals surface area contributed by atoms with Crippen molar-refractivity contribution in [2.75, 3.05) is 68.9 Å². The van der Waals surface area contributed by atoms with Crippen LogP contribution in [0, 0.1) is 18.6 Å². The minimum atomic E-state index is -0.654. The molecule has 1 aromatic carbocycles. The Morgan fingerprint density at radius 3 is 2.46 bits per heavy atom. The minimum absolute atomic E-state index is 0.0436. The van der Waals surface area contributed by atoms with Gasteiger partial charge in [-0.2, -0.15) is 15.1 Å². The summed E-state index contributed by atoms with van der Waals surface area (Å²) in [5, 5.41) is 14.8. The van der Waals surface area contributed by atoms with E-state index in [0.717, 1.165) is 37.0 Å². The van der Waals surface area contributed by atoms with E-state index in [1.807, 2.05) is 17.9 Å². The zero-order valence-corrected chi connectivity index (χ0v) is 23.4. The quantitative estimate of drug-likeness (QED) is 0.440. The maximum atomic E-state index is 13.6. The molecule has 2 atom stereocenters. The molecule has 0 bridgehead atoms. The van der Waals surface area contributed by atoms with Gasteiger partial charge in [0.2, 0.25) is 11.9 Å². The predicted octanol–water partition coefficient (Wildman–Crippen LogP) is 1.69. The molecule has 0 spiro atoms. The monoisotopic (exact) mass is 567 g/mol. The molecule has 2 fully saturated rings. The van der Waals surface area contributed by atoms with Crippen molar-refractivity contribution < 1.29 is 18.7 Å². The van der Waals surface area contributed by atoms with Crippen molar-refractivity contribution in [1.29, 1.82) is 0 Å². The maximum absolute atomic E-state index is 13.6. The summed E-state index contributed by atoms with van der Waals surface area (Å²) in [6.07, 6.45) is 5.47. The number of benzene rings is 1. The van der Waals surface area contributed by atoms with Crippen LogP contribution in [0.4, 0.5) is 26.2 Å². The Morgan fingerprint density at radius 1 is 1.10 bits per heavy atom. The maximum Gasteiger partial charge on any atom is 0.244 e. The molecule has 2 aliphatic rings. The summed E-state index contributed by atoms with van der Waals surface area (Å²) in [6.45, 7) is 5.82. The minimum Gasteiger partial charge on any atom is -0.391 e. The van der Waals surface area contributed by atoms with Crippen molar-refractivity contribution in [2.24, 2.45) is 0 Å². The zero-order valence-electron chi connectivity index (χ0n) is 23.4. The van der Waals surface area contributed by atoms with E-state index in [9.17, 15) is 18.7 Å². The number of nitrogen functional groups attached to an aromatic ring is 1. The van der Waals surface area contributed by atoms with Crippen molar-refractivity contribution >= 4 is 29.4 Å². The smallest absolute Gasteiger partial charge is 0.244 e. The number of carbonyl (C=O) groups is 1. The van der Waals surface area contributed by atoms with Gasteiger partial charge < -0.3 is 25.5 Å². The molecule has 0 aliphatic carbocycles. The number of aliphatic hydroxyl groups is 1. The number of anilines is 3. The second kappa shape index (κ2) is 11.8. The van der Waals surface area contributed by atoms with E-state index in [4.69, 9.17) is 5.73 Å². The molecular weight excluding hydrogens is 532 g/mol. The third kappa shape index (κ3) is 6.30. The van der Waals surface area contributed by atoms with Crippen molar-refractivity contribution in [3.8, 4) is 5.82 Å². The van der Waals surface area contributed by atoms with Crippen LogP contribution in [0.1, 0.15) is 17.7 Å². The van der Waals surface area contributed by atoms with Crippen molar-refractivity contribution in [3.63, 3.8) is 0 Å². The van der Waals surface area contributed by atoms with Gasteiger partial charge in [0, 0.05) is 83.2 Å². The Hall–Kier alpha value is -4.10. The molecule has 2 aliphatic heterocycles. The van der Waals surface area contributed by atoms with Crippen LogP contribution in [0.3, 0.4) is 0 Å². The van der Waals surface area contributed by atoms with Crippen molar-refractivity contribution in [3.05, 3.63) is 59.4 Å². The molecule has 3 aromatic rings. The summed E-state index contributed by atoms with van der Waals surface area (Å²) >= 11 is 0. The number of aliphatic hydroxyl groups excluding tert-OH is 1. The fourth-order valence-electron chi connectivity index (χ4n) is 5.35. The Labute approximate surface area is 237 Å². The van der Waals surface area contributed by atoms with Crippen LogP contribution in [0.5, 0.6) is 0 Å². The van der Waals surface area contributed by atoms with E-state index in [-0.39, 0.29) is 18.4 Å². The fraction of sp³-hybridized carbons (Fsp3) is 0.429. The molecule has 0 saturated carbocycles. The van der Waals surface area contributed by atoms with Gasteiger partial charge >= 0.3 is 0 Å². The van der Waals surface area contributed by atoms with E-state index < -0.39 is 23.8 Å². The molecule has 2 aromatic heterocycles. The Balaban J connectivity index is 1.25. The topological polar surface area (TPSA) is 120 Å². The highest BCUT2D eigenvalue weighted by molar-refractivity contribution is 5.85. The average Bonchev–Trinajstić information content (AvgIpc) is 3.50. The van der Waals surface area contributed by atoms with Gasteiger partial charge in [-0.1, -0.05) is 12.2 Å². The second-order valence-electron chi connectivity index (χ2n) is 10.6. The summed E-state index contributed by atoms with van der Waals surface area (Å²) in [5.74, 6) is -0.293. The largest absolute Gasteiger partial charge is 0.391 e. The van der Waals surface area contributed by atoms with Gasteiger partial charge in [-0.25, -0.2) is 13.5 Å². The number of piperazine rings is 1. The summed E-state index contributed by atoms with van der Waals surface area (Å²) in [5.41, 5.74) is 8.38. The van der Waals surface area contributed by atoms with Gasteiger partial charge in [-0.3, -0.25) is 9.69 Å². The molecule has 218 valence electrons. The van der Waals surface area contributed by atoms with Crippen LogP contribution in [-0.4, -0.2) is 106 Å². The molecule has 2 saturated heterocycles. The third-order valence-electron chi connectivity index (χ3n) is 7.53. The molecule has 11 nitrogen and oxygen atoms in total. The first-order chi connectivity index (χ1) is 19.6. The second-order valence-corrected chi connectivity index (χ2v) is 10.6. The first-order valence-corrected chi connectivity index (χ1v) is 13.5. The van der Waals surface area contributed by atoms with Crippen LogP contribution >= 0.6 is 0 Å². The van der Waals surface area contributed by atoms with Crippen LogP contribution in [-0.2, 0) is 4.79 Å². The lowest BCUT2D eigenvalue weighted by Crippen LogP contribution is -2.46. The van der Waals surface area contributed by atoms with Gasteiger partial charge in [-0.15, -0.1) is 0 Å². The van der Waals surface area contributed by atoms with Gasteiger partial charge in [0.25, 0.3) is 0 Å². The number of amides is 1. The number of carbonyl (C=O) groups excluding carboxylic acids is 1. The molecule has 1 amide bonds. The van der Waals surface area contributed by atoms with E-state index >= 15 is 0 Å². The average molecular weight is 568 g/mol. The van der Waals surface area contributed by atoms with Crippen molar-refractivity contribution in [1.82, 2.24) is 29.5 Å². The summed E-state index contributed by atoms with van der Waals surface area (Å²) in [7, 11) is 3.37. The molecule has 2 unspecified atom stereocenters. The number of hydrogen-bond donors (Lipinski definition) is 2. The zero-order chi connectivity index (χ0) is 29.3. The number of hydrogen-bond acceptors (Lipinski definition) is 9. The van der Waals surface area contributed by atoms with Crippen molar-refractivity contribution in [2.45, 2.75) is 25.5 Å². The summed E-state index contributed by atoms with van der Waals surface area (Å²) in [6, 6.07) is 4.79. The number of β-amino-alcohol motifs (C(OH)–C–C–N with tert-alkyl or cyclic N) is 1. The summed E-state index contributed by atoms with van der Waals surface area (Å²) in [4.78, 5) is 29.0. The third-order valence-corrected chi connectivity index (χ3v) is 7.53. The van der Waals surface area contributed by atoms with Gasteiger partial charge in [0.1, 0.15) is 23.5 Å². The number of halogens is 2. The highest BCUT2D eigenvalue weighted by Crippen LogP contribution is 2.28. The number of rotatable bonds is 7. The first kappa shape index (κ1) is 28.4. The Morgan fingerprint density at radius 2 is 1.78 bits per heavy atom.